The standard InChI is InChI=1S/C4H8NO.C2H6N.Al/c1-3-6-4-2-5-1;1-3-2;/h1-4H2;1-2H3;/q2*-1;+2. The Morgan fingerprint density at radius 2 is 1.90 bits per heavy atom. The second-order valence-electron chi connectivity index (χ2n) is 2.73. The highest BCUT2D eigenvalue weighted by Crippen LogP contribution is 1.93. The summed E-state index contributed by atoms with van der Waals surface area (Å²) >= 11 is 0.356. The van der Waals surface area contributed by atoms with Crippen molar-refractivity contribution >= 4 is 15.7 Å². The van der Waals surface area contributed by atoms with E-state index in [-0.39, 0.29) is 0 Å². The first kappa shape index (κ1) is 8.51. The molecule has 3 nitrogen and oxygen atoms in total. The van der Waals surface area contributed by atoms with Crippen molar-refractivity contribution in [3.05, 3.63) is 0 Å². The van der Waals surface area contributed by atoms with E-state index in [1.165, 1.54) is 0 Å². The molecule has 0 saturated carbocycles. The lowest BCUT2D eigenvalue weighted by Gasteiger charge is -2.28. The van der Waals surface area contributed by atoms with Crippen LogP contribution in [0, 0.1) is 0 Å². The molecule has 0 aliphatic carbocycles. The topological polar surface area (TPSA) is 15.7 Å². The molecule has 1 fully saturated rings. The van der Waals surface area contributed by atoms with Gasteiger partial charge in [0.15, 0.2) is 0 Å². The minimum Gasteiger partial charge on any atom is -0.383 e. The fourth-order valence-electron chi connectivity index (χ4n) is 1.02. The number of rotatable bonds is 2. The normalized spacial score (nSPS) is 21.5. The average molecular weight is 157 g/mol. The van der Waals surface area contributed by atoms with Crippen LogP contribution in [-0.4, -0.2) is 63.8 Å². The van der Waals surface area contributed by atoms with Crippen molar-refractivity contribution in [1.29, 1.82) is 0 Å². The van der Waals surface area contributed by atoms with Crippen molar-refractivity contribution in [2.24, 2.45) is 0 Å². The molecule has 1 aliphatic rings. The summed E-state index contributed by atoms with van der Waals surface area (Å²) in [7, 11) is 4.26. The van der Waals surface area contributed by atoms with E-state index >= 15 is 0 Å². The van der Waals surface area contributed by atoms with E-state index in [2.05, 4.69) is 21.9 Å². The Morgan fingerprint density at radius 1 is 1.30 bits per heavy atom. The van der Waals surface area contributed by atoms with Gasteiger partial charge in [0.2, 0.25) is 0 Å². The van der Waals surface area contributed by atoms with Crippen molar-refractivity contribution < 1.29 is 4.74 Å². The molecule has 0 spiro atoms. The van der Waals surface area contributed by atoms with Gasteiger partial charge in [0.05, 0.1) is 13.2 Å². The minimum atomic E-state index is 0.356. The average Bonchev–Trinajstić information content (AvgIpc) is 1.88. The van der Waals surface area contributed by atoms with Crippen LogP contribution in [0.15, 0.2) is 0 Å². The Bertz CT molecular complexity index is 93.7. The van der Waals surface area contributed by atoms with Crippen LogP contribution in [0.25, 0.3) is 0 Å². The molecule has 57 valence electrons. The molecule has 10 heavy (non-hydrogen) atoms. The zero-order chi connectivity index (χ0) is 7.40. The highest BCUT2D eigenvalue weighted by Gasteiger charge is 2.12. The van der Waals surface area contributed by atoms with E-state index in [0.29, 0.717) is 15.7 Å². The highest BCUT2D eigenvalue weighted by molar-refractivity contribution is 6.28. The highest BCUT2D eigenvalue weighted by atomic mass is 27.1. The van der Waals surface area contributed by atoms with Crippen LogP contribution in [0.4, 0.5) is 0 Å². The lowest BCUT2D eigenvalue weighted by atomic mass is 10.5. The van der Waals surface area contributed by atoms with E-state index in [1.54, 1.807) is 0 Å². The van der Waals surface area contributed by atoms with E-state index in [0.717, 1.165) is 26.3 Å². The molecule has 4 heteroatoms. The summed E-state index contributed by atoms with van der Waals surface area (Å²) in [5, 5.41) is 0. The number of ether oxygens (including phenoxy) is 1. The Balaban J connectivity index is 2.13. The molecule has 1 aliphatic heterocycles. The molecule has 0 aromatic carbocycles. The predicted octanol–water partition coefficient (Wildman–Crippen LogP) is -0.586. The Labute approximate surface area is 69.1 Å². The second kappa shape index (κ2) is 4.32. The quantitative estimate of drug-likeness (QED) is 0.498. The third-order valence-electron chi connectivity index (χ3n) is 1.44. The predicted molar refractivity (Wildman–Crippen MR) is 41.8 cm³/mol. The van der Waals surface area contributed by atoms with Gasteiger partial charge in [-0.3, -0.25) is 0 Å². The summed E-state index contributed by atoms with van der Waals surface area (Å²) in [5.41, 5.74) is 0. The molecule has 0 N–H and O–H groups in total. The first-order valence-corrected chi connectivity index (χ1v) is 4.65. The van der Waals surface area contributed by atoms with Crippen molar-refractivity contribution in [2.75, 3.05) is 40.4 Å². The van der Waals surface area contributed by atoms with Gasteiger partial charge in [-0.1, -0.05) is 0 Å². The number of hydrogen-bond acceptors (Lipinski definition) is 3. The maximum absolute atomic E-state index is 5.23. The Kier molecular flexibility index (Phi) is 3.68. The molecular weight excluding hydrogens is 143 g/mol. The van der Waals surface area contributed by atoms with Gasteiger partial charge in [0.25, 0.3) is 0 Å². The maximum atomic E-state index is 5.23. The molecule has 0 unspecified atom stereocenters. The van der Waals surface area contributed by atoms with Gasteiger partial charge in [-0.05, 0) is 14.1 Å². The molecule has 0 bridgehead atoms. The van der Waals surface area contributed by atoms with Crippen molar-refractivity contribution in [3.63, 3.8) is 0 Å². The summed E-state index contributed by atoms with van der Waals surface area (Å²) in [6.45, 7) is 4.07. The molecule has 0 aromatic heterocycles. The van der Waals surface area contributed by atoms with E-state index in [4.69, 9.17) is 4.74 Å². The maximum Gasteiger partial charge on any atom is 0.454 e. The Morgan fingerprint density at radius 3 is 2.40 bits per heavy atom. The third-order valence-corrected chi connectivity index (χ3v) is 2.74. The molecule has 0 atom stereocenters. The van der Waals surface area contributed by atoms with Gasteiger partial charge in [-0.25, -0.2) is 0 Å². The summed E-state index contributed by atoms with van der Waals surface area (Å²) < 4.78 is 9.98. The molecule has 1 saturated heterocycles. The second-order valence-corrected chi connectivity index (χ2v) is 4.72. The molecule has 1 heterocycles. The zero-order valence-electron chi connectivity index (χ0n) is 6.71. The molecule has 1 rings (SSSR count). The summed E-state index contributed by atoms with van der Waals surface area (Å²) in [6.07, 6.45) is 0. The fraction of sp³-hybridized carbons (Fsp3) is 1.00. The first-order valence-electron chi connectivity index (χ1n) is 3.62. The summed E-state index contributed by atoms with van der Waals surface area (Å²) in [5.74, 6) is 0. The molecule has 0 aromatic rings. The largest absolute Gasteiger partial charge is 0.454 e. The van der Waals surface area contributed by atoms with Crippen LogP contribution in [-0.2, 0) is 4.74 Å². The third kappa shape index (κ3) is 3.00. The smallest absolute Gasteiger partial charge is 0.383 e. The van der Waals surface area contributed by atoms with Crippen LogP contribution in [0.3, 0.4) is 0 Å². The van der Waals surface area contributed by atoms with Gasteiger partial charge in [0.1, 0.15) is 0 Å². The number of nitrogens with zero attached hydrogens (tertiary/aromatic N) is 2. The SMILES string of the molecule is C[N](C)[Al][N]1CCOCC1. The van der Waals surface area contributed by atoms with E-state index < -0.39 is 0 Å². The van der Waals surface area contributed by atoms with Gasteiger partial charge >= 0.3 is 15.7 Å². The zero-order valence-corrected chi connectivity index (χ0v) is 7.86. The summed E-state index contributed by atoms with van der Waals surface area (Å²) in [6, 6.07) is 0. The fourth-order valence-corrected chi connectivity index (χ4v) is 2.11. The van der Waals surface area contributed by atoms with Gasteiger partial charge in [-0.15, -0.1) is 0 Å². The molecule has 1 radical (unpaired) electrons. The minimum absolute atomic E-state index is 0.356. The van der Waals surface area contributed by atoms with Gasteiger partial charge in [0, 0.05) is 13.1 Å². The van der Waals surface area contributed by atoms with Crippen LogP contribution >= 0.6 is 0 Å². The molecule has 0 amide bonds. The van der Waals surface area contributed by atoms with Gasteiger partial charge in [-0.2, -0.15) is 0 Å². The van der Waals surface area contributed by atoms with Gasteiger partial charge < -0.3 is 12.5 Å². The monoisotopic (exact) mass is 157 g/mol. The van der Waals surface area contributed by atoms with Crippen LogP contribution in [0.5, 0.6) is 0 Å². The number of hydrogen-bond donors (Lipinski definition) is 0. The van der Waals surface area contributed by atoms with E-state index in [1.807, 2.05) is 0 Å². The first-order chi connectivity index (χ1) is 4.79. The lowest BCUT2D eigenvalue weighted by Crippen LogP contribution is -2.44. The Hall–Kier alpha value is 0.412. The summed E-state index contributed by atoms with van der Waals surface area (Å²) in [4.78, 5) is 0. The van der Waals surface area contributed by atoms with Crippen LogP contribution in [0.1, 0.15) is 0 Å². The van der Waals surface area contributed by atoms with Crippen LogP contribution in [0.2, 0.25) is 0 Å². The van der Waals surface area contributed by atoms with E-state index in [9.17, 15) is 0 Å². The molecular formula is C6H14AlN2O. The van der Waals surface area contributed by atoms with Crippen LogP contribution < -0.4 is 0 Å². The van der Waals surface area contributed by atoms with Crippen molar-refractivity contribution in [2.45, 2.75) is 0 Å². The van der Waals surface area contributed by atoms with Crippen molar-refractivity contribution in [1.82, 2.24) is 7.77 Å². The van der Waals surface area contributed by atoms with Crippen molar-refractivity contribution in [3.8, 4) is 0 Å². The number of morpholine rings is 1. The lowest BCUT2D eigenvalue weighted by molar-refractivity contribution is 0.0701.